The Hall–Kier alpha value is -2.35. The van der Waals surface area contributed by atoms with Crippen LogP contribution in [0.3, 0.4) is 0 Å². The van der Waals surface area contributed by atoms with Crippen LogP contribution in [0.5, 0.6) is 0 Å². The van der Waals surface area contributed by atoms with Gasteiger partial charge in [0.2, 0.25) is 0 Å². The van der Waals surface area contributed by atoms with E-state index in [-0.39, 0.29) is 14.5 Å². The van der Waals surface area contributed by atoms with Crippen molar-refractivity contribution in [3.63, 3.8) is 0 Å². The number of fused-ring (bicyclic) bond motifs is 1. The van der Waals surface area contributed by atoms with Crippen molar-refractivity contribution in [2.75, 3.05) is 5.32 Å². The van der Waals surface area contributed by atoms with Gasteiger partial charge < -0.3 is 0 Å². The maximum absolute atomic E-state index is 4.75. The Balaban J connectivity index is 1.65. The molecule has 106 valence electrons. The van der Waals surface area contributed by atoms with Crippen molar-refractivity contribution in [3.8, 4) is 11.3 Å². The molecule has 0 spiro atoms. The Labute approximate surface area is 135 Å². The molecule has 0 aliphatic rings. The molecule has 1 aromatic heterocycles. The van der Waals surface area contributed by atoms with Crippen LogP contribution in [-0.4, -0.2) is 19.5 Å². The van der Waals surface area contributed by atoms with Crippen LogP contribution in [-0.2, 0) is 0 Å². The zero-order valence-electron chi connectivity index (χ0n) is 11.9. The van der Waals surface area contributed by atoms with Gasteiger partial charge in [0.05, 0.1) is 0 Å². The minimum absolute atomic E-state index is 0.261. The predicted octanol–water partition coefficient (Wildman–Crippen LogP) is 4.70. The van der Waals surface area contributed by atoms with E-state index in [1.54, 1.807) is 0 Å². The van der Waals surface area contributed by atoms with Crippen LogP contribution in [0.2, 0.25) is 0 Å². The van der Waals surface area contributed by atoms with Gasteiger partial charge in [0, 0.05) is 0 Å². The molecule has 0 radical (unpaired) electrons. The summed E-state index contributed by atoms with van der Waals surface area (Å²) < 4.78 is 1.06. The molecule has 0 unspecified atom stereocenters. The summed E-state index contributed by atoms with van der Waals surface area (Å²) in [5, 5.41) is 5.93. The monoisotopic (exact) mass is 350 g/mol. The van der Waals surface area contributed by atoms with Gasteiger partial charge >= 0.3 is 135 Å². The van der Waals surface area contributed by atoms with Crippen molar-refractivity contribution < 1.29 is 0 Å². The first kappa shape index (κ1) is 13.3. The summed E-state index contributed by atoms with van der Waals surface area (Å²) in [6, 6.07) is 25.2. The molecule has 0 saturated heterocycles. The third-order valence-electron chi connectivity index (χ3n) is 3.57. The van der Waals surface area contributed by atoms with Gasteiger partial charge in [-0.25, -0.2) is 0 Å². The van der Waals surface area contributed by atoms with Crippen molar-refractivity contribution in [1.29, 1.82) is 0 Å². The number of aromatic nitrogens is 1. The summed E-state index contributed by atoms with van der Waals surface area (Å²) in [6.45, 7) is 0. The van der Waals surface area contributed by atoms with Crippen molar-refractivity contribution in [2.45, 2.75) is 0 Å². The van der Waals surface area contributed by atoms with Crippen molar-refractivity contribution >= 4 is 35.7 Å². The van der Waals surface area contributed by atoms with Gasteiger partial charge in [-0.3, -0.25) is 0 Å². The molecule has 0 saturated carbocycles. The quantitative estimate of drug-likeness (QED) is 0.542. The van der Waals surface area contributed by atoms with E-state index in [1.165, 1.54) is 16.3 Å². The summed E-state index contributed by atoms with van der Waals surface area (Å²) in [6.07, 6.45) is 0. The van der Waals surface area contributed by atoms with E-state index in [1.807, 2.05) is 18.2 Å². The topological polar surface area (TPSA) is 24.9 Å². The zero-order chi connectivity index (χ0) is 14.8. The number of anilines is 2. The molecule has 0 aliphatic carbocycles. The SMILES string of the molecule is c1ccc(Nc2nc(-c3ccc4ccccc4c3)c[se]2)cc1. The Morgan fingerprint density at radius 1 is 0.773 bits per heavy atom. The number of nitrogens with one attached hydrogen (secondary N) is 1. The second-order valence-corrected chi connectivity index (χ2v) is 6.89. The summed E-state index contributed by atoms with van der Waals surface area (Å²) in [4.78, 5) is 6.99. The molecule has 1 heterocycles. The van der Waals surface area contributed by atoms with Gasteiger partial charge in [0.25, 0.3) is 0 Å². The van der Waals surface area contributed by atoms with Gasteiger partial charge in [-0.15, -0.1) is 0 Å². The molecule has 22 heavy (non-hydrogen) atoms. The maximum atomic E-state index is 4.75. The first-order valence-electron chi connectivity index (χ1n) is 7.15. The fourth-order valence-electron chi connectivity index (χ4n) is 2.46. The number of benzene rings is 3. The molecule has 3 aromatic carbocycles. The molecule has 4 aromatic rings. The van der Waals surface area contributed by atoms with Gasteiger partial charge in [0.15, 0.2) is 0 Å². The first-order valence-corrected chi connectivity index (χ1v) is 9.00. The molecule has 0 amide bonds. The van der Waals surface area contributed by atoms with Gasteiger partial charge in [0.1, 0.15) is 0 Å². The normalized spacial score (nSPS) is 10.7. The molecule has 0 fully saturated rings. The van der Waals surface area contributed by atoms with Crippen LogP contribution in [0.25, 0.3) is 22.0 Å². The number of hydrogen-bond acceptors (Lipinski definition) is 2. The molecular formula is C19H14N2Se. The summed E-state index contributed by atoms with van der Waals surface area (Å²) >= 11 is 0.261. The Morgan fingerprint density at radius 2 is 1.55 bits per heavy atom. The molecule has 0 bridgehead atoms. The second kappa shape index (κ2) is 5.80. The molecule has 4 rings (SSSR count). The molecule has 0 aliphatic heterocycles. The van der Waals surface area contributed by atoms with Crippen LogP contribution in [0.15, 0.2) is 77.7 Å². The zero-order valence-corrected chi connectivity index (χ0v) is 13.6. The van der Waals surface area contributed by atoms with Crippen LogP contribution in [0.1, 0.15) is 0 Å². The standard InChI is InChI=1S/C19H14N2Se/c1-2-8-17(9-3-1)20-19-21-18(13-22-19)16-11-10-14-6-4-5-7-15(14)12-16/h1-13H,(H,20,21). The van der Waals surface area contributed by atoms with E-state index in [2.05, 4.69) is 64.9 Å². The van der Waals surface area contributed by atoms with Gasteiger partial charge in [-0.1, -0.05) is 0 Å². The predicted molar refractivity (Wildman–Crippen MR) is 93.8 cm³/mol. The summed E-state index contributed by atoms with van der Waals surface area (Å²) in [5.41, 5.74) is 3.35. The van der Waals surface area contributed by atoms with Crippen LogP contribution < -0.4 is 5.32 Å². The molecule has 3 heteroatoms. The number of hydrogen-bond donors (Lipinski definition) is 1. The number of rotatable bonds is 3. The Kier molecular flexibility index (Phi) is 3.51. The van der Waals surface area contributed by atoms with E-state index in [9.17, 15) is 0 Å². The summed E-state index contributed by atoms with van der Waals surface area (Å²) in [7, 11) is 0. The summed E-state index contributed by atoms with van der Waals surface area (Å²) in [5.74, 6) is 0. The van der Waals surface area contributed by atoms with E-state index in [4.69, 9.17) is 4.98 Å². The number of nitrogens with zero attached hydrogens (tertiary/aromatic N) is 1. The molecule has 2 nitrogen and oxygen atoms in total. The average molecular weight is 349 g/mol. The van der Waals surface area contributed by atoms with Crippen LogP contribution >= 0.6 is 0 Å². The van der Waals surface area contributed by atoms with E-state index in [0.29, 0.717) is 0 Å². The van der Waals surface area contributed by atoms with Gasteiger partial charge in [-0.05, 0) is 0 Å². The minimum atomic E-state index is 0.261. The van der Waals surface area contributed by atoms with E-state index in [0.717, 1.165) is 16.1 Å². The fraction of sp³-hybridized carbons (Fsp3) is 0. The Bertz CT molecular complexity index is 913. The third-order valence-corrected chi connectivity index (χ3v) is 5.16. The van der Waals surface area contributed by atoms with Crippen molar-refractivity contribution in [2.24, 2.45) is 0 Å². The Morgan fingerprint density at radius 3 is 2.41 bits per heavy atom. The molecular weight excluding hydrogens is 335 g/mol. The van der Waals surface area contributed by atoms with E-state index < -0.39 is 0 Å². The second-order valence-electron chi connectivity index (χ2n) is 5.09. The van der Waals surface area contributed by atoms with Crippen molar-refractivity contribution in [3.05, 3.63) is 77.7 Å². The average Bonchev–Trinajstić information content (AvgIpc) is 3.04. The fourth-order valence-corrected chi connectivity index (χ4v) is 4.01. The third kappa shape index (κ3) is 2.69. The number of para-hydroxylation sites is 1. The van der Waals surface area contributed by atoms with Crippen LogP contribution in [0, 0.1) is 0 Å². The first-order chi connectivity index (χ1) is 10.9. The van der Waals surface area contributed by atoms with Gasteiger partial charge in [-0.2, -0.15) is 0 Å². The van der Waals surface area contributed by atoms with E-state index >= 15 is 0 Å². The van der Waals surface area contributed by atoms with Crippen LogP contribution in [0.4, 0.5) is 10.4 Å². The molecule has 1 N–H and O–H groups in total. The van der Waals surface area contributed by atoms with Crippen molar-refractivity contribution in [1.82, 2.24) is 4.98 Å². The molecule has 0 atom stereocenters.